The average Bonchev–Trinajstić information content (AvgIpc) is 2.26. The Morgan fingerprint density at radius 1 is 1.29 bits per heavy atom. The number of nitrogens with zero attached hydrogens (tertiary/aromatic N) is 1. The molecule has 0 rings (SSSR count). The Balaban J connectivity index is 3.92. The lowest BCUT2D eigenvalue weighted by atomic mass is 10.1. The number of likely N-dealkylation sites (N-methyl/N-ethyl adjacent to an activating group) is 1. The molecule has 5 nitrogen and oxygen atoms in total. The summed E-state index contributed by atoms with van der Waals surface area (Å²) in [6.45, 7) is 4.78. The molecule has 0 saturated heterocycles. The predicted octanol–water partition coefficient (Wildman–Crippen LogP) is 0.489. The van der Waals surface area contributed by atoms with E-state index in [2.05, 4.69) is 5.32 Å². The van der Waals surface area contributed by atoms with Crippen LogP contribution in [0.25, 0.3) is 0 Å². The molecular formula is C12H25N3O2. The van der Waals surface area contributed by atoms with Crippen LogP contribution in [0.4, 0.5) is 0 Å². The van der Waals surface area contributed by atoms with E-state index in [4.69, 9.17) is 5.73 Å². The minimum Gasteiger partial charge on any atom is -0.355 e. The highest BCUT2D eigenvalue weighted by Crippen LogP contribution is 2.01. The van der Waals surface area contributed by atoms with Crippen molar-refractivity contribution in [1.29, 1.82) is 0 Å². The van der Waals surface area contributed by atoms with Crippen molar-refractivity contribution in [3.05, 3.63) is 0 Å². The molecule has 2 amide bonds. The molecule has 0 radical (unpaired) electrons. The Labute approximate surface area is 104 Å². The summed E-state index contributed by atoms with van der Waals surface area (Å²) in [6, 6.07) is -0.103. The van der Waals surface area contributed by atoms with E-state index in [1.807, 2.05) is 13.8 Å². The quantitative estimate of drug-likeness (QED) is 0.651. The standard InChI is InChI=1S/C12H25N3O2/c1-4-6-10(13)8-12(17)15(3)9-11(16)14-7-5-2/h10H,4-9,13H2,1-3H3,(H,14,16). The molecule has 0 aliphatic rings. The maximum atomic E-state index is 11.7. The summed E-state index contributed by atoms with van der Waals surface area (Å²) in [5.74, 6) is -0.190. The van der Waals surface area contributed by atoms with Gasteiger partial charge in [-0.1, -0.05) is 20.3 Å². The van der Waals surface area contributed by atoms with Gasteiger partial charge in [-0.3, -0.25) is 9.59 Å². The molecule has 0 aliphatic heterocycles. The fourth-order valence-electron chi connectivity index (χ4n) is 1.48. The SMILES string of the molecule is CCCNC(=O)CN(C)C(=O)CC(N)CCC. The third-order valence-electron chi connectivity index (χ3n) is 2.47. The molecule has 1 atom stereocenters. The van der Waals surface area contributed by atoms with Gasteiger partial charge in [-0.15, -0.1) is 0 Å². The highest BCUT2D eigenvalue weighted by molar-refractivity contribution is 5.84. The van der Waals surface area contributed by atoms with Crippen molar-refractivity contribution in [2.75, 3.05) is 20.1 Å². The minimum absolute atomic E-state index is 0.0717. The van der Waals surface area contributed by atoms with E-state index in [0.717, 1.165) is 19.3 Å². The molecule has 0 bridgehead atoms. The van der Waals surface area contributed by atoms with Crippen LogP contribution in [0.3, 0.4) is 0 Å². The monoisotopic (exact) mass is 243 g/mol. The van der Waals surface area contributed by atoms with Gasteiger partial charge in [0.1, 0.15) is 0 Å². The highest BCUT2D eigenvalue weighted by atomic mass is 16.2. The van der Waals surface area contributed by atoms with Gasteiger partial charge in [0, 0.05) is 26.1 Å². The predicted molar refractivity (Wildman–Crippen MR) is 68.4 cm³/mol. The van der Waals surface area contributed by atoms with Crippen molar-refractivity contribution in [2.24, 2.45) is 5.73 Å². The van der Waals surface area contributed by atoms with Gasteiger partial charge < -0.3 is 16.0 Å². The Morgan fingerprint density at radius 2 is 1.94 bits per heavy atom. The van der Waals surface area contributed by atoms with Crippen LogP contribution < -0.4 is 11.1 Å². The van der Waals surface area contributed by atoms with Gasteiger partial charge in [0.2, 0.25) is 11.8 Å². The first-order chi connectivity index (χ1) is 8.01. The molecule has 0 aliphatic carbocycles. The number of hydrogen-bond donors (Lipinski definition) is 2. The largest absolute Gasteiger partial charge is 0.355 e. The van der Waals surface area contributed by atoms with Crippen LogP contribution in [0.2, 0.25) is 0 Å². The molecule has 0 aromatic heterocycles. The molecule has 0 heterocycles. The summed E-state index contributed by atoms with van der Waals surface area (Å²) in [5.41, 5.74) is 5.79. The molecule has 0 spiro atoms. The van der Waals surface area contributed by atoms with Crippen molar-refractivity contribution < 1.29 is 9.59 Å². The van der Waals surface area contributed by atoms with Gasteiger partial charge in [0.05, 0.1) is 6.54 Å². The van der Waals surface area contributed by atoms with E-state index in [1.165, 1.54) is 4.90 Å². The molecule has 0 aromatic rings. The van der Waals surface area contributed by atoms with Gasteiger partial charge in [0.25, 0.3) is 0 Å². The lowest BCUT2D eigenvalue weighted by molar-refractivity contribution is -0.135. The van der Waals surface area contributed by atoms with Crippen molar-refractivity contribution in [1.82, 2.24) is 10.2 Å². The van der Waals surface area contributed by atoms with Crippen LogP contribution in [0.15, 0.2) is 0 Å². The lowest BCUT2D eigenvalue weighted by Crippen LogP contribution is -2.40. The van der Waals surface area contributed by atoms with Gasteiger partial charge in [-0.25, -0.2) is 0 Å². The minimum atomic E-state index is -0.119. The number of carbonyl (C=O) groups is 2. The van der Waals surface area contributed by atoms with E-state index >= 15 is 0 Å². The van der Waals surface area contributed by atoms with Crippen molar-refractivity contribution >= 4 is 11.8 Å². The molecule has 0 fully saturated rings. The van der Waals surface area contributed by atoms with Crippen LogP contribution in [0.1, 0.15) is 39.5 Å². The van der Waals surface area contributed by atoms with Crippen molar-refractivity contribution in [3.63, 3.8) is 0 Å². The number of amides is 2. The van der Waals surface area contributed by atoms with E-state index < -0.39 is 0 Å². The lowest BCUT2D eigenvalue weighted by Gasteiger charge is -2.19. The van der Waals surface area contributed by atoms with Crippen molar-refractivity contribution in [2.45, 2.75) is 45.6 Å². The van der Waals surface area contributed by atoms with Crippen LogP contribution in [-0.2, 0) is 9.59 Å². The van der Waals surface area contributed by atoms with Crippen LogP contribution in [-0.4, -0.2) is 42.9 Å². The normalized spacial score (nSPS) is 12.0. The zero-order valence-corrected chi connectivity index (χ0v) is 11.2. The van der Waals surface area contributed by atoms with Gasteiger partial charge >= 0.3 is 0 Å². The smallest absolute Gasteiger partial charge is 0.239 e. The van der Waals surface area contributed by atoms with Gasteiger partial charge in [-0.05, 0) is 12.8 Å². The van der Waals surface area contributed by atoms with E-state index in [9.17, 15) is 9.59 Å². The topological polar surface area (TPSA) is 75.4 Å². The summed E-state index contributed by atoms with van der Waals surface area (Å²) in [6.07, 6.45) is 3.01. The zero-order chi connectivity index (χ0) is 13.3. The Morgan fingerprint density at radius 3 is 2.47 bits per heavy atom. The van der Waals surface area contributed by atoms with Gasteiger partial charge in [0.15, 0.2) is 0 Å². The van der Waals surface area contributed by atoms with Crippen LogP contribution >= 0.6 is 0 Å². The zero-order valence-electron chi connectivity index (χ0n) is 11.2. The Kier molecular flexibility index (Phi) is 8.40. The summed E-state index contributed by atoms with van der Waals surface area (Å²) in [4.78, 5) is 24.5. The average molecular weight is 243 g/mol. The molecule has 100 valence electrons. The summed E-state index contributed by atoms with van der Waals surface area (Å²) >= 11 is 0. The molecule has 17 heavy (non-hydrogen) atoms. The fourth-order valence-corrected chi connectivity index (χ4v) is 1.48. The maximum absolute atomic E-state index is 11.7. The number of nitrogens with two attached hydrogens (primary N) is 1. The molecule has 0 saturated carbocycles. The number of rotatable bonds is 8. The fraction of sp³-hybridized carbons (Fsp3) is 0.833. The first-order valence-electron chi connectivity index (χ1n) is 6.27. The van der Waals surface area contributed by atoms with Crippen molar-refractivity contribution in [3.8, 4) is 0 Å². The second-order valence-electron chi connectivity index (χ2n) is 4.35. The molecular weight excluding hydrogens is 218 g/mol. The van der Waals surface area contributed by atoms with E-state index in [1.54, 1.807) is 7.05 Å². The molecule has 5 heteroatoms. The van der Waals surface area contributed by atoms with Gasteiger partial charge in [-0.2, -0.15) is 0 Å². The number of nitrogens with one attached hydrogen (secondary N) is 1. The van der Waals surface area contributed by atoms with E-state index in [-0.39, 0.29) is 24.4 Å². The van der Waals surface area contributed by atoms with E-state index in [0.29, 0.717) is 13.0 Å². The first-order valence-corrected chi connectivity index (χ1v) is 6.27. The molecule has 3 N–H and O–H groups in total. The summed E-state index contributed by atoms with van der Waals surface area (Å²) in [7, 11) is 1.63. The Bertz CT molecular complexity index is 244. The highest BCUT2D eigenvalue weighted by Gasteiger charge is 2.15. The molecule has 1 unspecified atom stereocenters. The van der Waals surface area contributed by atoms with Crippen LogP contribution in [0.5, 0.6) is 0 Å². The third kappa shape index (κ3) is 7.74. The Hall–Kier alpha value is -1.10. The third-order valence-corrected chi connectivity index (χ3v) is 2.47. The number of hydrogen-bond acceptors (Lipinski definition) is 3. The molecule has 0 aromatic carbocycles. The summed E-state index contributed by atoms with van der Waals surface area (Å²) < 4.78 is 0. The number of carbonyl (C=O) groups excluding carboxylic acids is 2. The first kappa shape index (κ1) is 15.9. The second-order valence-corrected chi connectivity index (χ2v) is 4.35. The summed E-state index contributed by atoms with van der Waals surface area (Å²) in [5, 5.41) is 2.73. The van der Waals surface area contributed by atoms with Crippen LogP contribution in [0, 0.1) is 0 Å². The second kappa shape index (κ2) is 8.98. The maximum Gasteiger partial charge on any atom is 0.239 e.